The Morgan fingerprint density at radius 1 is 1.07 bits per heavy atom. The third-order valence-electron chi connectivity index (χ3n) is 8.48. The maximum Gasteiger partial charge on any atom is 0.416 e. The second-order valence-corrected chi connectivity index (χ2v) is 11.3. The van der Waals surface area contributed by atoms with Crippen LogP contribution in [0.1, 0.15) is 39.9 Å². The first kappa shape index (κ1) is 27.7. The van der Waals surface area contributed by atoms with E-state index >= 15 is 0 Å². The first-order chi connectivity index (χ1) is 19.7. The molecule has 3 aliphatic rings. The monoisotopic (exact) mass is 569 g/mol. The van der Waals surface area contributed by atoms with Crippen molar-refractivity contribution in [2.75, 3.05) is 63.9 Å². The Balaban J connectivity index is 1.38. The van der Waals surface area contributed by atoms with Gasteiger partial charge in [0.2, 0.25) is 5.43 Å². The number of rotatable bonds is 6. The van der Waals surface area contributed by atoms with Crippen LogP contribution in [0.25, 0.3) is 11.0 Å². The van der Waals surface area contributed by atoms with Crippen molar-refractivity contribution >= 4 is 22.6 Å². The molecule has 11 heteroatoms. The summed E-state index contributed by atoms with van der Waals surface area (Å²) in [6.45, 7) is 7.58. The topological polar surface area (TPSA) is 70.9 Å². The Hall–Kier alpha value is -3.44. The van der Waals surface area contributed by atoms with Gasteiger partial charge in [0.25, 0.3) is 5.91 Å². The van der Waals surface area contributed by atoms with Gasteiger partial charge in [-0.2, -0.15) is 13.2 Å². The van der Waals surface area contributed by atoms with Crippen LogP contribution >= 0.6 is 0 Å². The summed E-state index contributed by atoms with van der Waals surface area (Å²) in [6, 6.07) is 5.94. The summed E-state index contributed by atoms with van der Waals surface area (Å²) < 4.78 is 48.2. The van der Waals surface area contributed by atoms with Crippen molar-refractivity contribution in [1.29, 1.82) is 0 Å². The van der Waals surface area contributed by atoms with Gasteiger partial charge in [0.05, 0.1) is 36.2 Å². The molecule has 1 amide bonds. The van der Waals surface area contributed by atoms with Crippen molar-refractivity contribution in [1.82, 2.24) is 19.4 Å². The molecular formula is C30H34F3N5O3. The number of anilines is 1. The molecule has 8 nitrogen and oxygen atoms in total. The number of nitrogens with zero attached hydrogens (tertiary/aromatic N) is 5. The molecule has 3 aromatic rings. The average Bonchev–Trinajstić information content (AvgIpc) is 3.79. The molecule has 0 bridgehead atoms. The summed E-state index contributed by atoms with van der Waals surface area (Å²) in [7, 11) is 0. The first-order valence-corrected chi connectivity index (χ1v) is 14.2. The van der Waals surface area contributed by atoms with Crippen LogP contribution < -0.4 is 10.3 Å². The maximum atomic E-state index is 13.7. The molecule has 4 heterocycles. The molecule has 1 saturated carbocycles. The SMILES string of the molecule is Cc1c(Cn2cc(C(=O)N3CCN(CC4CC4)CC3)c(=O)c3ncc(N4CCOCC4)cc32)cccc1C(F)(F)F. The van der Waals surface area contributed by atoms with E-state index in [1.54, 1.807) is 21.7 Å². The Kier molecular flexibility index (Phi) is 7.50. The van der Waals surface area contributed by atoms with Crippen LogP contribution in [-0.2, 0) is 17.5 Å². The molecule has 2 aliphatic heterocycles. The summed E-state index contributed by atoms with van der Waals surface area (Å²) in [4.78, 5) is 38.0. The highest BCUT2D eigenvalue weighted by molar-refractivity contribution is 5.97. The number of ether oxygens (including phenoxy) is 1. The number of aromatic nitrogens is 2. The van der Waals surface area contributed by atoms with Crippen LogP contribution in [0.5, 0.6) is 0 Å². The van der Waals surface area contributed by atoms with Gasteiger partial charge in [-0.25, -0.2) is 4.98 Å². The highest BCUT2D eigenvalue weighted by Gasteiger charge is 2.33. The number of piperazine rings is 1. The molecule has 0 N–H and O–H groups in total. The lowest BCUT2D eigenvalue weighted by Gasteiger charge is -2.34. The van der Waals surface area contributed by atoms with Gasteiger partial charge in [-0.05, 0) is 48.9 Å². The number of hydrogen-bond donors (Lipinski definition) is 0. The summed E-state index contributed by atoms with van der Waals surface area (Å²) in [5.74, 6) is 0.397. The van der Waals surface area contributed by atoms with E-state index in [0.717, 1.165) is 37.3 Å². The van der Waals surface area contributed by atoms with E-state index < -0.39 is 17.2 Å². The third kappa shape index (κ3) is 5.83. The quantitative estimate of drug-likeness (QED) is 0.450. The molecule has 1 aliphatic carbocycles. The molecule has 0 spiro atoms. The van der Waals surface area contributed by atoms with Gasteiger partial charge in [0.15, 0.2) is 0 Å². The van der Waals surface area contributed by atoms with E-state index in [-0.39, 0.29) is 29.1 Å². The molecular weight excluding hydrogens is 535 g/mol. The first-order valence-electron chi connectivity index (χ1n) is 14.2. The van der Waals surface area contributed by atoms with Gasteiger partial charge in [0, 0.05) is 58.6 Å². The maximum absolute atomic E-state index is 13.7. The Labute approximate surface area is 236 Å². The van der Waals surface area contributed by atoms with Crippen LogP contribution in [0.15, 0.2) is 41.5 Å². The molecule has 0 atom stereocenters. The predicted molar refractivity (Wildman–Crippen MR) is 149 cm³/mol. The summed E-state index contributed by atoms with van der Waals surface area (Å²) in [6.07, 6.45) is 1.18. The second-order valence-electron chi connectivity index (χ2n) is 11.3. The molecule has 6 rings (SSSR count). The van der Waals surface area contributed by atoms with E-state index in [0.29, 0.717) is 50.5 Å². The molecule has 2 aromatic heterocycles. The number of halogens is 3. The van der Waals surface area contributed by atoms with E-state index in [1.165, 1.54) is 32.0 Å². The predicted octanol–water partition coefficient (Wildman–Crippen LogP) is 3.78. The summed E-state index contributed by atoms with van der Waals surface area (Å²) >= 11 is 0. The minimum atomic E-state index is -4.49. The second kappa shape index (κ2) is 11.1. The zero-order valence-electron chi connectivity index (χ0n) is 23.1. The number of carbonyl (C=O) groups excluding carboxylic acids is 1. The number of fused-ring (bicyclic) bond motifs is 1. The normalized spacial score (nSPS) is 18.7. The van der Waals surface area contributed by atoms with Crippen molar-refractivity contribution in [2.24, 2.45) is 5.92 Å². The zero-order chi connectivity index (χ0) is 28.7. The van der Waals surface area contributed by atoms with Crippen LogP contribution in [0.3, 0.4) is 0 Å². The molecule has 41 heavy (non-hydrogen) atoms. The van der Waals surface area contributed by atoms with Crippen molar-refractivity contribution in [3.05, 3.63) is 69.1 Å². The van der Waals surface area contributed by atoms with Gasteiger partial charge in [-0.1, -0.05) is 12.1 Å². The number of pyridine rings is 2. The zero-order valence-corrected chi connectivity index (χ0v) is 23.1. The van der Waals surface area contributed by atoms with Gasteiger partial charge < -0.3 is 19.1 Å². The van der Waals surface area contributed by atoms with Crippen molar-refractivity contribution < 1.29 is 22.7 Å². The van der Waals surface area contributed by atoms with E-state index in [1.807, 2.05) is 6.07 Å². The Morgan fingerprint density at radius 3 is 2.49 bits per heavy atom. The summed E-state index contributed by atoms with van der Waals surface area (Å²) in [5.41, 5.74) is 0.790. The highest BCUT2D eigenvalue weighted by Crippen LogP contribution is 2.33. The largest absolute Gasteiger partial charge is 0.416 e. The van der Waals surface area contributed by atoms with Crippen molar-refractivity contribution in [3.63, 3.8) is 0 Å². The van der Waals surface area contributed by atoms with Crippen molar-refractivity contribution in [2.45, 2.75) is 32.5 Å². The molecule has 1 aromatic carbocycles. The number of carbonyl (C=O) groups is 1. The number of morpholine rings is 1. The Morgan fingerprint density at radius 2 is 1.80 bits per heavy atom. The fourth-order valence-corrected chi connectivity index (χ4v) is 5.84. The molecule has 218 valence electrons. The number of benzene rings is 1. The van der Waals surface area contributed by atoms with Gasteiger partial charge in [0.1, 0.15) is 11.1 Å². The molecule has 0 radical (unpaired) electrons. The highest BCUT2D eigenvalue weighted by atomic mass is 19.4. The van der Waals surface area contributed by atoms with Crippen LogP contribution in [0.2, 0.25) is 0 Å². The number of alkyl halides is 3. The molecule has 2 saturated heterocycles. The number of hydrogen-bond acceptors (Lipinski definition) is 6. The molecule has 0 unspecified atom stereocenters. The van der Waals surface area contributed by atoms with Crippen LogP contribution in [0.4, 0.5) is 18.9 Å². The Bertz CT molecular complexity index is 1500. The standard InChI is InChI=1S/C30H34F3N5O3/c1-20-22(3-2-4-25(20)30(31,32)33)18-38-19-24(29(40)37-9-7-35(8-10-37)17-21-5-6-21)28(39)27-26(38)15-23(16-34-27)36-11-13-41-14-12-36/h2-4,15-16,19,21H,5-14,17-18H2,1H3. The van der Waals surface area contributed by atoms with Crippen LogP contribution in [-0.4, -0.2) is 84.3 Å². The summed E-state index contributed by atoms with van der Waals surface area (Å²) in [5, 5.41) is 0. The number of amides is 1. The van der Waals surface area contributed by atoms with E-state index in [2.05, 4.69) is 14.8 Å². The minimum Gasteiger partial charge on any atom is -0.378 e. The van der Waals surface area contributed by atoms with Gasteiger partial charge in [-0.3, -0.25) is 14.5 Å². The van der Waals surface area contributed by atoms with Crippen molar-refractivity contribution in [3.8, 4) is 0 Å². The molecule has 3 fully saturated rings. The lowest BCUT2D eigenvalue weighted by atomic mass is 10.0. The van der Waals surface area contributed by atoms with Crippen LogP contribution in [0, 0.1) is 12.8 Å². The van der Waals surface area contributed by atoms with E-state index in [4.69, 9.17) is 4.74 Å². The van der Waals surface area contributed by atoms with Gasteiger partial charge >= 0.3 is 6.18 Å². The smallest absolute Gasteiger partial charge is 0.378 e. The van der Waals surface area contributed by atoms with E-state index in [9.17, 15) is 22.8 Å². The lowest BCUT2D eigenvalue weighted by molar-refractivity contribution is -0.138. The third-order valence-corrected chi connectivity index (χ3v) is 8.48. The fourth-order valence-electron chi connectivity index (χ4n) is 5.84. The minimum absolute atomic E-state index is 0.00982. The fraction of sp³-hybridized carbons (Fsp3) is 0.500. The average molecular weight is 570 g/mol. The van der Waals surface area contributed by atoms with Gasteiger partial charge in [-0.15, -0.1) is 0 Å². The lowest BCUT2D eigenvalue weighted by Crippen LogP contribution is -2.50.